The van der Waals surface area contributed by atoms with E-state index in [4.69, 9.17) is 0 Å². The van der Waals surface area contributed by atoms with Gasteiger partial charge in [-0.25, -0.2) is 8.42 Å². The predicted molar refractivity (Wildman–Crippen MR) is 78.8 cm³/mol. The minimum absolute atomic E-state index is 0. The summed E-state index contributed by atoms with van der Waals surface area (Å²) in [5, 5.41) is 0. The number of rotatable bonds is 13. The molecule has 4 nitrogen and oxygen atoms in total. The van der Waals surface area contributed by atoms with Gasteiger partial charge in [0.25, 0.3) is 0 Å². The molecule has 20 heavy (non-hydrogen) atoms. The molecule has 0 aromatic carbocycles. The molecule has 0 saturated carbocycles. The van der Waals surface area contributed by atoms with Crippen LogP contribution < -0.4 is 29.6 Å². The molecule has 0 aromatic rings. The number of hydrogen-bond donors (Lipinski definition) is 0. The van der Waals surface area contributed by atoms with Crippen LogP contribution in [0.25, 0.3) is 0 Å². The molecule has 0 aromatic heterocycles. The first-order chi connectivity index (χ1) is 8.56. The Morgan fingerprint density at radius 1 is 0.800 bits per heavy atom. The van der Waals surface area contributed by atoms with Gasteiger partial charge >= 0.3 is 29.6 Å². The molecule has 0 unspecified atom stereocenters. The Morgan fingerprint density at radius 3 is 1.50 bits per heavy atom. The summed E-state index contributed by atoms with van der Waals surface area (Å²) in [5.41, 5.74) is 0. The normalized spacial score (nSPS) is 10.7. The number of unbranched alkanes of at least 4 members (excludes halogenated alkanes) is 10. The molecule has 0 aliphatic carbocycles. The fourth-order valence-corrected chi connectivity index (χ4v) is 2.25. The van der Waals surface area contributed by atoms with E-state index in [1.165, 1.54) is 51.4 Å². The van der Waals surface area contributed by atoms with Crippen LogP contribution >= 0.6 is 0 Å². The maximum Gasteiger partial charge on any atom is 1.00 e. The number of hydrogen-bond acceptors (Lipinski definition) is 4. The van der Waals surface area contributed by atoms with E-state index in [0.717, 1.165) is 12.8 Å². The van der Waals surface area contributed by atoms with Crippen molar-refractivity contribution < 1.29 is 46.7 Å². The van der Waals surface area contributed by atoms with Crippen LogP contribution in [0, 0.1) is 0 Å². The molecule has 0 fully saturated rings. The maximum atomic E-state index is 10.1. The first kappa shape index (κ1) is 25.8. The molecule has 0 aliphatic heterocycles. The van der Waals surface area contributed by atoms with Crippen molar-refractivity contribution in [1.82, 2.24) is 0 Å². The van der Waals surface area contributed by atoms with Crippen LogP contribution in [0.1, 0.15) is 85.0 Å². The Hall–Kier alpha value is 0.870. The molecule has 0 bridgehead atoms. The van der Waals surface area contributed by atoms with Gasteiger partial charge in [-0.15, -0.1) is 0 Å². The summed E-state index contributed by atoms with van der Waals surface area (Å²) >= 11 is 0. The SMILES string of the molecule is C.CCCCCCCCCCCCCOS(=O)(=O)[O-].[Na+]. The smallest absolute Gasteiger partial charge is 0.726 e. The second-order valence-corrected chi connectivity index (χ2v) is 5.82. The van der Waals surface area contributed by atoms with Gasteiger partial charge in [0.15, 0.2) is 0 Å². The Bertz CT molecular complexity index is 268. The van der Waals surface area contributed by atoms with Crippen molar-refractivity contribution >= 4 is 10.4 Å². The summed E-state index contributed by atoms with van der Waals surface area (Å²) in [5.74, 6) is 0. The third-order valence-corrected chi connectivity index (χ3v) is 3.43. The first-order valence-corrected chi connectivity index (χ1v) is 8.50. The van der Waals surface area contributed by atoms with Gasteiger partial charge in [0, 0.05) is 0 Å². The molecule has 0 rings (SSSR count). The minimum atomic E-state index is -4.49. The molecule has 0 amide bonds. The third-order valence-electron chi connectivity index (χ3n) is 2.98. The zero-order chi connectivity index (χ0) is 13.7. The summed E-state index contributed by atoms with van der Waals surface area (Å²) in [6.07, 6.45) is 13.1. The van der Waals surface area contributed by atoms with Gasteiger partial charge in [-0.05, 0) is 6.42 Å². The Kier molecular flexibility index (Phi) is 23.1. The van der Waals surface area contributed by atoms with Crippen LogP contribution in [0.4, 0.5) is 0 Å². The second-order valence-electron chi connectivity index (χ2n) is 4.77. The molecule has 0 spiro atoms. The quantitative estimate of drug-likeness (QED) is 0.223. The van der Waals surface area contributed by atoms with Crippen molar-refractivity contribution in [1.29, 1.82) is 0 Å². The van der Waals surface area contributed by atoms with Gasteiger partial charge in [-0.1, -0.05) is 78.6 Å². The monoisotopic (exact) mass is 318 g/mol. The Balaban J connectivity index is -0.00000144. The average molecular weight is 318 g/mol. The molecule has 0 N–H and O–H groups in total. The van der Waals surface area contributed by atoms with Crippen LogP contribution in [0.15, 0.2) is 0 Å². The van der Waals surface area contributed by atoms with Crippen LogP contribution in [-0.4, -0.2) is 19.6 Å². The standard InChI is InChI=1S/C13H28O4S.CH4.Na/c1-2-3-4-5-6-7-8-9-10-11-12-13-17-18(14,15)16;;/h2-13H2,1H3,(H,14,15,16);1H4;/q;;+1/p-1. The van der Waals surface area contributed by atoms with Crippen molar-refractivity contribution in [2.75, 3.05) is 6.61 Å². The van der Waals surface area contributed by atoms with Gasteiger partial charge in [-0.2, -0.15) is 0 Å². The van der Waals surface area contributed by atoms with Crippen LogP contribution in [0.2, 0.25) is 0 Å². The second kappa shape index (κ2) is 17.9. The summed E-state index contributed by atoms with van der Waals surface area (Å²) < 4.78 is 34.5. The van der Waals surface area contributed by atoms with Crippen molar-refractivity contribution in [2.45, 2.75) is 85.0 Å². The van der Waals surface area contributed by atoms with Crippen LogP contribution in [0.3, 0.4) is 0 Å². The molecule has 6 heteroatoms. The third kappa shape index (κ3) is 23.9. The fraction of sp³-hybridized carbons (Fsp3) is 1.00. The fourth-order valence-electron chi connectivity index (χ4n) is 1.93. The minimum Gasteiger partial charge on any atom is -0.726 e. The first-order valence-electron chi connectivity index (χ1n) is 7.16. The molecular weight excluding hydrogens is 287 g/mol. The zero-order valence-electron chi connectivity index (χ0n) is 12.5. The Morgan fingerprint density at radius 2 is 1.15 bits per heavy atom. The summed E-state index contributed by atoms with van der Waals surface area (Å²) in [6.45, 7) is 2.25. The molecular formula is C14H31NaO4S. The van der Waals surface area contributed by atoms with E-state index in [1.54, 1.807) is 0 Å². The van der Waals surface area contributed by atoms with Gasteiger partial charge < -0.3 is 4.55 Å². The molecule has 0 saturated heterocycles. The van der Waals surface area contributed by atoms with Gasteiger partial charge in [-0.3, -0.25) is 4.18 Å². The Labute approximate surface area is 148 Å². The van der Waals surface area contributed by atoms with Crippen molar-refractivity contribution in [3.05, 3.63) is 0 Å². The average Bonchev–Trinajstić information content (AvgIpc) is 2.29. The van der Waals surface area contributed by atoms with E-state index in [9.17, 15) is 13.0 Å². The molecule has 0 atom stereocenters. The molecule has 0 heterocycles. The topological polar surface area (TPSA) is 66.4 Å². The van der Waals surface area contributed by atoms with Crippen LogP contribution in [0.5, 0.6) is 0 Å². The van der Waals surface area contributed by atoms with Gasteiger partial charge in [0.2, 0.25) is 10.4 Å². The summed E-state index contributed by atoms with van der Waals surface area (Å²) in [7, 11) is -4.49. The van der Waals surface area contributed by atoms with Gasteiger partial charge in [0.1, 0.15) is 0 Å². The van der Waals surface area contributed by atoms with E-state index >= 15 is 0 Å². The predicted octanol–water partition coefficient (Wildman–Crippen LogP) is 1.41. The van der Waals surface area contributed by atoms with E-state index in [1.807, 2.05) is 0 Å². The van der Waals surface area contributed by atoms with Crippen molar-refractivity contribution in [3.8, 4) is 0 Å². The van der Waals surface area contributed by atoms with E-state index in [-0.39, 0.29) is 43.6 Å². The largest absolute Gasteiger partial charge is 1.00 e. The summed E-state index contributed by atoms with van der Waals surface area (Å²) in [6, 6.07) is 0. The summed E-state index contributed by atoms with van der Waals surface area (Å²) in [4.78, 5) is 0. The van der Waals surface area contributed by atoms with Crippen LogP contribution in [-0.2, 0) is 14.6 Å². The van der Waals surface area contributed by atoms with E-state index < -0.39 is 10.4 Å². The van der Waals surface area contributed by atoms with Crippen molar-refractivity contribution in [3.63, 3.8) is 0 Å². The maximum absolute atomic E-state index is 10.1. The van der Waals surface area contributed by atoms with E-state index in [0.29, 0.717) is 6.42 Å². The zero-order valence-corrected chi connectivity index (χ0v) is 15.3. The molecule has 118 valence electrons. The van der Waals surface area contributed by atoms with Gasteiger partial charge in [0.05, 0.1) is 6.61 Å². The molecule has 0 aliphatic rings. The van der Waals surface area contributed by atoms with Crippen molar-refractivity contribution in [2.24, 2.45) is 0 Å². The molecule has 0 radical (unpaired) electrons. The van der Waals surface area contributed by atoms with E-state index in [2.05, 4.69) is 11.1 Å².